The van der Waals surface area contributed by atoms with E-state index in [4.69, 9.17) is 16.3 Å². The van der Waals surface area contributed by atoms with Crippen molar-refractivity contribution in [2.75, 3.05) is 7.05 Å². The third kappa shape index (κ3) is 3.00. The highest BCUT2D eigenvalue weighted by Gasteiger charge is 2.50. The van der Waals surface area contributed by atoms with Crippen LogP contribution >= 0.6 is 11.6 Å². The number of nitrogens with zero attached hydrogens (tertiary/aromatic N) is 1. The van der Waals surface area contributed by atoms with Crippen molar-refractivity contribution in [3.63, 3.8) is 0 Å². The summed E-state index contributed by atoms with van der Waals surface area (Å²) < 4.78 is 6.11. The lowest BCUT2D eigenvalue weighted by Crippen LogP contribution is -2.59. The summed E-state index contributed by atoms with van der Waals surface area (Å²) in [5.41, 5.74) is 1.49. The van der Waals surface area contributed by atoms with Crippen LogP contribution in [0.15, 0.2) is 65.9 Å². The first-order valence-electron chi connectivity index (χ1n) is 8.82. The fraction of sp³-hybridized carbons (Fsp3) is 0.227. The number of aliphatic hydroxyl groups is 1. The number of para-hydroxylation sites is 1. The molecule has 1 fully saturated rings. The van der Waals surface area contributed by atoms with Crippen LogP contribution in [0.4, 0.5) is 0 Å². The molecule has 0 spiro atoms. The predicted octanol–water partition coefficient (Wildman–Crippen LogP) is 4.92. The fourth-order valence-electron chi connectivity index (χ4n) is 3.76. The molecule has 4 rings (SSSR count). The minimum Gasteiger partial charge on any atom is -0.507 e. The summed E-state index contributed by atoms with van der Waals surface area (Å²) in [4.78, 5) is 14.6. The van der Waals surface area contributed by atoms with Crippen molar-refractivity contribution >= 4 is 23.6 Å². The van der Waals surface area contributed by atoms with Crippen LogP contribution in [0.5, 0.6) is 5.75 Å². The SMILES string of the molecule is CN1C(=O)/C(=C(O)/C=C/c2ccc(Cl)cc2)C2CC1(C)Oc1ccccc12. The molecule has 27 heavy (non-hydrogen) atoms. The summed E-state index contributed by atoms with van der Waals surface area (Å²) in [5.74, 6) is 0.299. The molecule has 2 aromatic rings. The highest BCUT2D eigenvalue weighted by molar-refractivity contribution is 6.30. The maximum absolute atomic E-state index is 13.0. The van der Waals surface area contributed by atoms with E-state index in [2.05, 4.69) is 0 Å². The third-order valence-corrected chi connectivity index (χ3v) is 5.63. The van der Waals surface area contributed by atoms with Gasteiger partial charge in [0.2, 0.25) is 0 Å². The topological polar surface area (TPSA) is 49.8 Å². The number of carbonyl (C=O) groups is 1. The number of halogens is 1. The first kappa shape index (κ1) is 17.7. The number of amides is 1. The monoisotopic (exact) mass is 381 g/mol. The standard InChI is InChI=1S/C22H20ClNO3/c1-22-13-17(16-5-3-4-6-19(16)27-22)20(21(26)24(22)2)18(25)12-9-14-7-10-15(23)11-8-14/h3-12,17,25H,13H2,1-2H3/b12-9+,20-18-. The van der Waals surface area contributed by atoms with Crippen molar-refractivity contribution < 1.29 is 14.6 Å². The maximum atomic E-state index is 13.0. The maximum Gasteiger partial charge on any atom is 0.256 e. The number of carbonyl (C=O) groups excluding carboxylic acids is 1. The van der Waals surface area contributed by atoms with Crippen LogP contribution in [0, 0.1) is 0 Å². The van der Waals surface area contributed by atoms with E-state index in [0.29, 0.717) is 17.0 Å². The zero-order valence-electron chi connectivity index (χ0n) is 15.1. The van der Waals surface area contributed by atoms with Gasteiger partial charge in [-0.1, -0.05) is 48.0 Å². The molecule has 2 atom stereocenters. The smallest absolute Gasteiger partial charge is 0.256 e. The number of hydrogen-bond acceptors (Lipinski definition) is 3. The summed E-state index contributed by atoms with van der Waals surface area (Å²) in [5, 5.41) is 11.4. The van der Waals surface area contributed by atoms with E-state index in [1.807, 2.05) is 43.3 Å². The normalized spacial score (nSPS) is 26.0. The number of fused-ring (bicyclic) bond motifs is 4. The number of benzene rings is 2. The number of hydrogen-bond donors (Lipinski definition) is 1. The van der Waals surface area contributed by atoms with E-state index in [1.54, 1.807) is 36.2 Å². The third-order valence-electron chi connectivity index (χ3n) is 5.38. The van der Waals surface area contributed by atoms with Gasteiger partial charge in [0.1, 0.15) is 11.5 Å². The molecule has 5 heteroatoms. The predicted molar refractivity (Wildman–Crippen MR) is 106 cm³/mol. The largest absolute Gasteiger partial charge is 0.507 e. The van der Waals surface area contributed by atoms with E-state index in [-0.39, 0.29) is 17.6 Å². The van der Waals surface area contributed by atoms with Crippen LogP contribution in [0.3, 0.4) is 0 Å². The second kappa shape index (κ2) is 6.46. The Morgan fingerprint density at radius 2 is 1.96 bits per heavy atom. The Morgan fingerprint density at radius 1 is 1.26 bits per heavy atom. The van der Waals surface area contributed by atoms with Crippen LogP contribution in [0.25, 0.3) is 6.08 Å². The number of ether oxygens (including phenoxy) is 1. The molecule has 2 aromatic carbocycles. The van der Waals surface area contributed by atoms with Gasteiger partial charge in [-0.05, 0) is 36.8 Å². The summed E-state index contributed by atoms with van der Waals surface area (Å²) in [7, 11) is 1.71. The number of likely N-dealkylation sites (tertiary alicyclic amines) is 1. The van der Waals surface area contributed by atoms with Crippen LogP contribution in [-0.2, 0) is 4.79 Å². The quantitative estimate of drug-likeness (QED) is 0.593. The molecule has 2 bridgehead atoms. The van der Waals surface area contributed by atoms with Gasteiger partial charge in [-0.3, -0.25) is 4.79 Å². The molecule has 1 amide bonds. The van der Waals surface area contributed by atoms with E-state index in [0.717, 1.165) is 16.9 Å². The van der Waals surface area contributed by atoms with Crippen molar-refractivity contribution in [2.24, 2.45) is 0 Å². The minimum atomic E-state index is -0.722. The summed E-state index contributed by atoms with van der Waals surface area (Å²) in [6, 6.07) is 15.0. The molecule has 138 valence electrons. The van der Waals surface area contributed by atoms with Crippen molar-refractivity contribution in [3.8, 4) is 5.75 Å². The molecule has 4 nitrogen and oxygen atoms in total. The second-order valence-corrected chi connectivity index (χ2v) is 7.56. The molecule has 0 aromatic heterocycles. The Bertz CT molecular complexity index is 964. The zero-order chi connectivity index (χ0) is 19.2. The molecule has 2 heterocycles. The highest BCUT2D eigenvalue weighted by atomic mass is 35.5. The van der Waals surface area contributed by atoms with E-state index >= 15 is 0 Å². The number of allylic oxidation sites excluding steroid dienone is 1. The van der Waals surface area contributed by atoms with Crippen LogP contribution in [-0.4, -0.2) is 28.7 Å². The first-order chi connectivity index (χ1) is 12.9. The lowest BCUT2D eigenvalue weighted by atomic mass is 9.77. The number of likely N-dealkylation sites (N-methyl/N-ethyl adjacent to an activating group) is 1. The van der Waals surface area contributed by atoms with Crippen molar-refractivity contribution in [3.05, 3.63) is 82.1 Å². The molecule has 2 aliphatic heterocycles. The van der Waals surface area contributed by atoms with Crippen molar-refractivity contribution in [1.29, 1.82) is 0 Å². The molecule has 0 saturated carbocycles. The number of aliphatic hydroxyl groups excluding tert-OH is 1. The van der Waals surface area contributed by atoms with Gasteiger partial charge in [-0.25, -0.2) is 0 Å². The van der Waals surface area contributed by atoms with Gasteiger partial charge in [-0.15, -0.1) is 0 Å². The van der Waals surface area contributed by atoms with Gasteiger partial charge in [0.05, 0.1) is 5.57 Å². The van der Waals surface area contributed by atoms with Gasteiger partial charge in [0.25, 0.3) is 5.91 Å². The van der Waals surface area contributed by atoms with Crippen LogP contribution in [0.1, 0.15) is 30.4 Å². The average Bonchev–Trinajstić information content (AvgIpc) is 2.66. The molecule has 0 aliphatic carbocycles. The van der Waals surface area contributed by atoms with Gasteiger partial charge in [0, 0.05) is 30.0 Å². The molecular weight excluding hydrogens is 362 g/mol. The van der Waals surface area contributed by atoms with Gasteiger partial charge in [-0.2, -0.15) is 0 Å². The highest BCUT2D eigenvalue weighted by Crippen LogP contribution is 2.49. The number of piperidine rings is 1. The summed E-state index contributed by atoms with van der Waals surface area (Å²) >= 11 is 5.91. The van der Waals surface area contributed by atoms with Crippen LogP contribution in [0.2, 0.25) is 5.02 Å². The Morgan fingerprint density at radius 3 is 2.70 bits per heavy atom. The molecule has 2 unspecified atom stereocenters. The van der Waals surface area contributed by atoms with Gasteiger partial charge >= 0.3 is 0 Å². The van der Waals surface area contributed by atoms with Crippen molar-refractivity contribution in [1.82, 2.24) is 4.90 Å². The molecule has 1 N–H and O–H groups in total. The lowest BCUT2D eigenvalue weighted by Gasteiger charge is -2.49. The van der Waals surface area contributed by atoms with E-state index < -0.39 is 5.72 Å². The Balaban J connectivity index is 1.78. The zero-order valence-corrected chi connectivity index (χ0v) is 15.9. The fourth-order valence-corrected chi connectivity index (χ4v) is 3.89. The summed E-state index contributed by atoms with van der Waals surface area (Å²) in [6.07, 6.45) is 3.94. The van der Waals surface area contributed by atoms with Crippen LogP contribution < -0.4 is 4.74 Å². The van der Waals surface area contributed by atoms with Crippen molar-refractivity contribution in [2.45, 2.75) is 25.0 Å². The van der Waals surface area contributed by atoms with E-state index in [1.165, 1.54) is 0 Å². The Labute approximate surface area is 163 Å². The molecule has 0 radical (unpaired) electrons. The van der Waals surface area contributed by atoms with E-state index in [9.17, 15) is 9.90 Å². The molecule has 1 saturated heterocycles. The Hall–Kier alpha value is -2.72. The minimum absolute atomic E-state index is 0.0226. The average molecular weight is 382 g/mol. The first-order valence-corrected chi connectivity index (χ1v) is 9.20. The Kier molecular flexibility index (Phi) is 4.23. The van der Waals surface area contributed by atoms with Gasteiger partial charge < -0.3 is 14.7 Å². The molecular formula is C22H20ClNO3. The summed E-state index contributed by atoms with van der Waals surface area (Å²) in [6.45, 7) is 1.91. The van der Waals surface area contributed by atoms with Gasteiger partial charge in [0.15, 0.2) is 5.72 Å². The lowest BCUT2D eigenvalue weighted by molar-refractivity contribution is -0.153. The number of rotatable bonds is 2. The molecule has 2 aliphatic rings. The second-order valence-electron chi connectivity index (χ2n) is 7.12.